The molecule has 2 fully saturated rings. The van der Waals surface area contributed by atoms with Crippen molar-refractivity contribution in [3.05, 3.63) is 53.7 Å². The van der Waals surface area contributed by atoms with Gasteiger partial charge < -0.3 is 24.7 Å². The number of carbonyl (C=O) groups is 1. The average molecular weight is 370 g/mol. The molecule has 7 nitrogen and oxygen atoms in total. The molecule has 4 rings (SSSR count). The zero-order valence-corrected chi connectivity index (χ0v) is 15.4. The number of ether oxygens (including phenoxy) is 1. The summed E-state index contributed by atoms with van der Waals surface area (Å²) in [5.41, 5.74) is 6.95. The molecule has 2 aliphatic rings. The molecule has 0 radical (unpaired) electrons. The lowest BCUT2D eigenvalue weighted by atomic mass is 9.97. The zero-order valence-electron chi connectivity index (χ0n) is 15.4. The maximum atomic E-state index is 13.2. The first-order valence-electron chi connectivity index (χ1n) is 9.60. The van der Waals surface area contributed by atoms with Crippen LogP contribution in [0.5, 0.6) is 0 Å². The maximum Gasteiger partial charge on any atom is 0.276 e. The van der Waals surface area contributed by atoms with Gasteiger partial charge in [-0.3, -0.25) is 4.79 Å². The molecular formula is C20H26N4O3. The Hall–Kier alpha value is -2.22. The summed E-state index contributed by atoms with van der Waals surface area (Å²) < 4.78 is 11.4. The van der Waals surface area contributed by atoms with Crippen LogP contribution in [0.3, 0.4) is 0 Å². The fourth-order valence-corrected chi connectivity index (χ4v) is 4.03. The predicted molar refractivity (Wildman–Crippen MR) is 100 cm³/mol. The summed E-state index contributed by atoms with van der Waals surface area (Å²) in [5, 5.41) is 0. The van der Waals surface area contributed by atoms with E-state index in [2.05, 4.69) is 22.0 Å². The predicted octanol–water partition coefficient (Wildman–Crippen LogP) is 1.81. The van der Waals surface area contributed by atoms with Gasteiger partial charge in [0.05, 0.1) is 25.3 Å². The SMILES string of the molecule is NCc1nc(C(=O)N2CCO[C@@H](CN3CCCC3)[C@@H]2c2ccccc2)co1. The van der Waals surface area contributed by atoms with Gasteiger partial charge in [-0.05, 0) is 31.5 Å². The smallest absolute Gasteiger partial charge is 0.276 e. The average Bonchev–Trinajstić information content (AvgIpc) is 3.40. The topological polar surface area (TPSA) is 84.8 Å². The van der Waals surface area contributed by atoms with E-state index in [0.29, 0.717) is 24.7 Å². The second-order valence-electron chi connectivity index (χ2n) is 7.10. The number of oxazole rings is 1. The number of nitrogens with two attached hydrogens (primary N) is 1. The number of benzene rings is 1. The third kappa shape index (κ3) is 3.90. The number of rotatable bonds is 5. The molecule has 3 heterocycles. The molecule has 27 heavy (non-hydrogen) atoms. The van der Waals surface area contributed by atoms with Crippen molar-refractivity contribution in [1.82, 2.24) is 14.8 Å². The summed E-state index contributed by atoms with van der Waals surface area (Å²) in [6.45, 7) is 4.25. The Balaban J connectivity index is 1.62. The maximum absolute atomic E-state index is 13.2. The molecule has 2 atom stereocenters. The minimum Gasteiger partial charge on any atom is -0.447 e. The van der Waals surface area contributed by atoms with Crippen LogP contribution in [0.1, 0.15) is 40.8 Å². The van der Waals surface area contributed by atoms with Gasteiger partial charge >= 0.3 is 0 Å². The van der Waals surface area contributed by atoms with E-state index in [4.69, 9.17) is 14.9 Å². The van der Waals surface area contributed by atoms with Crippen molar-refractivity contribution in [3.63, 3.8) is 0 Å². The third-order valence-electron chi connectivity index (χ3n) is 5.34. The molecule has 0 aliphatic carbocycles. The van der Waals surface area contributed by atoms with E-state index in [9.17, 15) is 4.79 Å². The molecule has 0 bridgehead atoms. The van der Waals surface area contributed by atoms with Crippen molar-refractivity contribution in [2.75, 3.05) is 32.8 Å². The summed E-state index contributed by atoms with van der Waals surface area (Å²) in [7, 11) is 0. The summed E-state index contributed by atoms with van der Waals surface area (Å²) >= 11 is 0. The summed E-state index contributed by atoms with van der Waals surface area (Å²) in [5.74, 6) is 0.235. The second kappa shape index (κ2) is 8.21. The van der Waals surface area contributed by atoms with Gasteiger partial charge in [-0.1, -0.05) is 30.3 Å². The molecule has 1 aromatic carbocycles. The van der Waals surface area contributed by atoms with E-state index >= 15 is 0 Å². The van der Waals surface area contributed by atoms with Crippen molar-refractivity contribution in [3.8, 4) is 0 Å². The summed E-state index contributed by atoms with van der Waals surface area (Å²) in [4.78, 5) is 21.7. The number of hydrogen-bond donors (Lipinski definition) is 1. The van der Waals surface area contributed by atoms with Crippen LogP contribution in [-0.4, -0.2) is 59.6 Å². The number of morpholine rings is 1. The minimum atomic E-state index is -0.147. The molecule has 2 aliphatic heterocycles. The van der Waals surface area contributed by atoms with Crippen molar-refractivity contribution in [1.29, 1.82) is 0 Å². The normalized spacial score (nSPS) is 23.7. The van der Waals surface area contributed by atoms with E-state index < -0.39 is 0 Å². The van der Waals surface area contributed by atoms with Gasteiger partial charge in [0, 0.05) is 13.1 Å². The highest BCUT2D eigenvalue weighted by molar-refractivity contribution is 5.92. The number of amides is 1. The number of carbonyl (C=O) groups excluding carboxylic acids is 1. The molecule has 0 saturated carbocycles. The van der Waals surface area contributed by atoms with Gasteiger partial charge in [-0.2, -0.15) is 0 Å². The zero-order chi connectivity index (χ0) is 18.6. The Kier molecular flexibility index (Phi) is 5.52. The van der Waals surface area contributed by atoms with Crippen LogP contribution in [0.2, 0.25) is 0 Å². The Morgan fingerprint density at radius 2 is 1.96 bits per heavy atom. The van der Waals surface area contributed by atoms with Crippen molar-refractivity contribution < 1.29 is 13.9 Å². The molecule has 144 valence electrons. The van der Waals surface area contributed by atoms with Gasteiger partial charge in [-0.25, -0.2) is 4.98 Å². The van der Waals surface area contributed by atoms with Crippen LogP contribution in [-0.2, 0) is 11.3 Å². The van der Waals surface area contributed by atoms with Gasteiger partial charge in [0.15, 0.2) is 5.69 Å². The van der Waals surface area contributed by atoms with Crippen molar-refractivity contribution in [2.45, 2.75) is 31.5 Å². The molecule has 2 aromatic rings. The monoisotopic (exact) mass is 370 g/mol. The largest absolute Gasteiger partial charge is 0.447 e. The Morgan fingerprint density at radius 3 is 2.67 bits per heavy atom. The van der Waals surface area contributed by atoms with Gasteiger partial charge in [0.25, 0.3) is 5.91 Å². The molecule has 0 spiro atoms. The van der Waals surface area contributed by atoms with Gasteiger partial charge in [-0.15, -0.1) is 0 Å². The van der Waals surface area contributed by atoms with Gasteiger partial charge in [0.1, 0.15) is 6.26 Å². The molecule has 2 saturated heterocycles. The molecule has 1 amide bonds. The van der Waals surface area contributed by atoms with Crippen LogP contribution in [0.4, 0.5) is 0 Å². The van der Waals surface area contributed by atoms with E-state index in [1.807, 2.05) is 23.1 Å². The molecule has 7 heteroatoms. The lowest BCUT2D eigenvalue weighted by molar-refractivity contribution is -0.0708. The molecule has 1 aromatic heterocycles. The highest BCUT2D eigenvalue weighted by Gasteiger charge is 2.38. The first-order valence-corrected chi connectivity index (χ1v) is 9.60. The van der Waals surface area contributed by atoms with Crippen LogP contribution in [0.25, 0.3) is 0 Å². The van der Waals surface area contributed by atoms with Crippen LogP contribution in [0, 0.1) is 0 Å². The first-order chi connectivity index (χ1) is 13.3. The van der Waals surface area contributed by atoms with Crippen LogP contribution < -0.4 is 5.73 Å². The highest BCUT2D eigenvalue weighted by Crippen LogP contribution is 2.32. The minimum absolute atomic E-state index is 0.0657. The van der Waals surface area contributed by atoms with Crippen LogP contribution >= 0.6 is 0 Å². The number of aromatic nitrogens is 1. The van der Waals surface area contributed by atoms with E-state index in [1.165, 1.54) is 19.1 Å². The second-order valence-corrected chi connectivity index (χ2v) is 7.10. The number of likely N-dealkylation sites (tertiary alicyclic amines) is 1. The Labute approximate surface area is 159 Å². The summed E-state index contributed by atoms with van der Waals surface area (Å²) in [6.07, 6.45) is 3.79. The fraction of sp³-hybridized carbons (Fsp3) is 0.500. The number of hydrogen-bond acceptors (Lipinski definition) is 6. The van der Waals surface area contributed by atoms with E-state index in [1.54, 1.807) is 0 Å². The molecule has 2 N–H and O–H groups in total. The highest BCUT2D eigenvalue weighted by atomic mass is 16.5. The number of nitrogens with zero attached hydrogens (tertiary/aromatic N) is 3. The van der Waals surface area contributed by atoms with Crippen LogP contribution in [0.15, 0.2) is 41.0 Å². The van der Waals surface area contributed by atoms with E-state index in [-0.39, 0.29) is 24.6 Å². The standard InChI is InChI=1S/C20H26N4O3/c21-12-18-22-16(14-27-18)20(25)24-10-11-26-17(13-23-8-4-5-9-23)19(24)15-6-2-1-3-7-15/h1-3,6-7,14,17,19H,4-5,8-13,21H2/t17-,19-/m0/s1. The lowest BCUT2D eigenvalue weighted by Crippen LogP contribution is -2.51. The quantitative estimate of drug-likeness (QED) is 0.864. The first kappa shape index (κ1) is 18.2. The van der Waals surface area contributed by atoms with Crippen molar-refractivity contribution in [2.24, 2.45) is 5.73 Å². The molecule has 0 unspecified atom stereocenters. The fourth-order valence-electron chi connectivity index (χ4n) is 4.03. The Bertz CT molecular complexity index is 758. The van der Waals surface area contributed by atoms with Crippen molar-refractivity contribution >= 4 is 5.91 Å². The van der Waals surface area contributed by atoms with Gasteiger partial charge in [0.2, 0.25) is 5.89 Å². The third-order valence-corrected chi connectivity index (χ3v) is 5.34. The Morgan fingerprint density at radius 1 is 1.19 bits per heavy atom. The summed E-state index contributed by atoms with van der Waals surface area (Å²) in [6, 6.07) is 9.96. The lowest BCUT2D eigenvalue weighted by Gasteiger charge is -2.42. The van der Waals surface area contributed by atoms with E-state index in [0.717, 1.165) is 25.2 Å². The molecular weight excluding hydrogens is 344 g/mol.